The molecule has 0 fully saturated rings. The Morgan fingerprint density at radius 1 is 0.517 bits per heavy atom. The molecule has 0 N–H and O–H groups in total. The normalized spacial score (nSPS) is 15.9. The van der Waals surface area contributed by atoms with Crippen LogP contribution in [0.4, 0.5) is 0 Å². The lowest BCUT2D eigenvalue weighted by Gasteiger charge is -2.21. The minimum absolute atomic E-state index is 0.0480. The number of para-hydroxylation sites is 3. The van der Waals surface area contributed by atoms with Crippen molar-refractivity contribution in [3.8, 4) is 5.69 Å². The van der Waals surface area contributed by atoms with Crippen LogP contribution in [-0.4, -0.2) is 16.1 Å². The quantitative estimate of drug-likeness (QED) is 0.180. The van der Waals surface area contributed by atoms with E-state index >= 15 is 0 Å². The predicted molar refractivity (Wildman–Crippen MR) is 241 cm³/mol. The second kappa shape index (κ2) is 12.8. The van der Waals surface area contributed by atoms with Gasteiger partial charge in [0, 0.05) is 54.9 Å². The number of furan rings is 2. The molecule has 5 heteroatoms. The number of benzene rings is 8. The summed E-state index contributed by atoms with van der Waals surface area (Å²) in [5.74, 6) is 0.703. The average Bonchev–Trinajstić information content (AvgIpc) is 3.94. The molecule has 8 aromatic carbocycles. The van der Waals surface area contributed by atoms with Crippen LogP contribution < -0.4 is 0 Å². The van der Waals surface area contributed by atoms with Crippen LogP contribution in [0.3, 0.4) is 0 Å². The van der Waals surface area contributed by atoms with E-state index in [9.17, 15) is 0 Å². The fourth-order valence-corrected chi connectivity index (χ4v) is 9.16. The fraction of sp³-hybridized carbons (Fsp3) is 0.0566. The fourth-order valence-electron chi connectivity index (χ4n) is 9.16. The first-order valence-electron chi connectivity index (χ1n) is 19.9. The number of nitrogens with zero attached hydrogens (tertiary/aromatic N) is 3. The lowest BCUT2D eigenvalue weighted by Crippen LogP contribution is -2.17. The maximum absolute atomic E-state index is 6.60. The standard InChI is InChI=1S/C53H35N3O2/c1-32-26-27-41(54-53(33-14-3-2-4-15-33)55-52(32)39-21-13-25-47-49(39)37-19-8-11-23-45(37)57-47)51-43(28-29-48-50(51)38-20-9-12-24-46(38)58-48)56-42-22-10-7-18-36(42)40-30-34-16-5-6-17-35(34)31-44(40)56/h2-25,27-32H,26H2,1H3/b41-27+,54-53?,55-52?. The molecule has 12 rings (SSSR count). The van der Waals surface area contributed by atoms with Crippen LogP contribution in [0.25, 0.3) is 87.8 Å². The van der Waals surface area contributed by atoms with Gasteiger partial charge in [0.1, 0.15) is 22.3 Å². The first-order valence-corrected chi connectivity index (χ1v) is 19.9. The largest absolute Gasteiger partial charge is 0.456 e. The smallest absolute Gasteiger partial charge is 0.160 e. The van der Waals surface area contributed by atoms with Crippen LogP contribution in [0, 0.1) is 5.92 Å². The van der Waals surface area contributed by atoms with Gasteiger partial charge in [0.05, 0.1) is 28.1 Å². The molecule has 0 radical (unpaired) electrons. The molecule has 1 aliphatic heterocycles. The van der Waals surface area contributed by atoms with Crippen molar-refractivity contribution in [1.82, 2.24) is 4.57 Å². The molecule has 1 aliphatic rings. The summed E-state index contributed by atoms with van der Waals surface area (Å²) in [6, 6.07) is 59.6. The van der Waals surface area contributed by atoms with Crippen molar-refractivity contribution < 1.29 is 8.83 Å². The van der Waals surface area contributed by atoms with Crippen molar-refractivity contribution in [3.05, 3.63) is 193 Å². The number of aliphatic imine (C=N–C) groups is 2. The number of fused-ring (bicyclic) bond motifs is 10. The molecular formula is C53H35N3O2. The van der Waals surface area contributed by atoms with Gasteiger partial charge in [0.2, 0.25) is 0 Å². The van der Waals surface area contributed by atoms with E-state index in [0.29, 0.717) is 5.84 Å². The molecule has 1 atom stereocenters. The van der Waals surface area contributed by atoms with Gasteiger partial charge in [-0.05, 0) is 65.7 Å². The summed E-state index contributed by atoms with van der Waals surface area (Å²) in [7, 11) is 0. The molecule has 0 spiro atoms. The van der Waals surface area contributed by atoms with E-state index < -0.39 is 0 Å². The van der Waals surface area contributed by atoms with Gasteiger partial charge in [-0.1, -0.05) is 134 Å². The second-order valence-corrected chi connectivity index (χ2v) is 15.3. The van der Waals surface area contributed by atoms with Gasteiger partial charge in [-0.25, -0.2) is 9.98 Å². The van der Waals surface area contributed by atoms with Gasteiger partial charge in [0.25, 0.3) is 0 Å². The van der Waals surface area contributed by atoms with E-state index in [1.165, 1.54) is 21.5 Å². The summed E-state index contributed by atoms with van der Waals surface area (Å²) < 4.78 is 15.4. The van der Waals surface area contributed by atoms with Crippen LogP contribution in [0.15, 0.2) is 195 Å². The van der Waals surface area contributed by atoms with E-state index in [-0.39, 0.29) is 5.92 Å². The molecule has 3 aromatic heterocycles. The lowest BCUT2D eigenvalue weighted by molar-refractivity contribution is 0.668. The zero-order chi connectivity index (χ0) is 38.3. The lowest BCUT2D eigenvalue weighted by atomic mass is 9.90. The van der Waals surface area contributed by atoms with Crippen molar-refractivity contribution in [1.29, 1.82) is 0 Å². The Kier molecular flexibility index (Phi) is 7.20. The van der Waals surface area contributed by atoms with Crippen LogP contribution in [0.2, 0.25) is 0 Å². The molecule has 0 saturated heterocycles. The van der Waals surface area contributed by atoms with Crippen LogP contribution in [0.1, 0.15) is 30.0 Å². The number of rotatable bonds is 4. The monoisotopic (exact) mass is 745 g/mol. The maximum Gasteiger partial charge on any atom is 0.160 e. The average molecular weight is 746 g/mol. The third-order valence-electron chi connectivity index (χ3n) is 11.9. The van der Waals surface area contributed by atoms with E-state index in [2.05, 4.69) is 157 Å². The van der Waals surface area contributed by atoms with Gasteiger partial charge in [0.15, 0.2) is 5.84 Å². The van der Waals surface area contributed by atoms with Crippen molar-refractivity contribution in [3.63, 3.8) is 0 Å². The summed E-state index contributed by atoms with van der Waals surface area (Å²) in [5, 5.41) is 9.08. The van der Waals surface area contributed by atoms with Crippen LogP contribution in [0.5, 0.6) is 0 Å². The Morgan fingerprint density at radius 2 is 1.16 bits per heavy atom. The number of hydrogen-bond donors (Lipinski definition) is 0. The Balaban J connectivity index is 1.17. The van der Waals surface area contributed by atoms with Gasteiger partial charge >= 0.3 is 0 Å². The molecular weight excluding hydrogens is 711 g/mol. The highest BCUT2D eigenvalue weighted by Gasteiger charge is 2.26. The van der Waals surface area contributed by atoms with Gasteiger partial charge < -0.3 is 13.4 Å². The Hall–Kier alpha value is -7.50. The molecule has 58 heavy (non-hydrogen) atoms. The van der Waals surface area contributed by atoms with Crippen molar-refractivity contribution >= 4 is 93.7 Å². The number of hydrogen-bond acceptors (Lipinski definition) is 4. The van der Waals surface area contributed by atoms with Gasteiger partial charge in [-0.3, -0.25) is 0 Å². The van der Waals surface area contributed by atoms with E-state index in [0.717, 1.165) is 95.1 Å². The molecule has 0 amide bonds. The molecule has 274 valence electrons. The zero-order valence-electron chi connectivity index (χ0n) is 31.7. The highest BCUT2D eigenvalue weighted by Crippen LogP contribution is 2.43. The minimum Gasteiger partial charge on any atom is -0.456 e. The SMILES string of the molecule is CC1C/C=C(\c2c(-n3c4ccccc4c4cc5ccccc5cc43)ccc3oc4ccccc4c23)N=C(c2ccccc2)N=C1c1cccc2oc3ccccc3c12. The van der Waals surface area contributed by atoms with Crippen molar-refractivity contribution in [2.24, 2.45) is 15.9 Å². The molecule has 5 nitrogen and oxygen atoms in total. The summed E-state index contributed by atoms with van der Waals surface area (Å²) in [4.78, 5) is 11.2. The van der Waals surface area contributed by atoms with Gasteiger partial charge in [-0.15, -0.1) is 0 Å². The first kappa shape index (κ1) is 32.7. The topological polar surface area (TPSA) is 55.9 Å². The molecule has 4 heterocycles. The first-order chi connectivity index (χ1) is 28.7. The maximum atomic E-state index is 6.60. The highest BCUT2D eigenvalue weighted by molar-refractivity contribution is 6.23. The third kappa shape index (κ3) is 4.96. The Labute approximate surface area is 333 Å². The highest BCUT2D eigenvalue weighted by atomic mass is 16.3. The Morgan fingerprint density at radius 3 is 1.95 bits per heavy atom. The van der Waals surface area contributed by atoms with E-state index in [1.807, 2.05) is 30.3 Å². The summed E-state index contributed by atoms with van der Waals surface area (Å²) in [5.41, 5.74) is 11.6. The minimum atomic E-state index is 0.0480. The predicted octanol–water partition coefficient (Wildman–Crippen LogP) is 14.1. The van der Waals surface area contributed by atoms with Gasteiger partial charge in [-0.2, -0.15) is 0 Å². The number of amidine groups is 1. The molecule has 0 aliphatic carbocycles. The van der Waals surface area contributed by atoms with Crippen LogP contribution in [-0.2, 0) is 0 Å². The second-order valence-electron chi connectivity index (χ2n) is 15.3. The summed E-state index contributed by atoms with van der Waals surface area (Å²) in [6.07, 6.45) is 3.04. The number of aromatic nitrogens is 1. The molecule has 11 aromatic rings. The zero-order valence-corrected chi connectivity index (χ0v) is 31.7. The third-order valence-corrected chi connectivity index (χ3v) is 11.9. The van der Waals surface area contributed by atoms with Crippen LogP contribution >= 0.6 is 0 Å². The number of allylic oxidation sites excluding steroid dienone is 1. The molecule has 0 saturated carbocycles. The summed E-state index contributed by atoms with van der Waals surface area (Å²) in [6.45, 7) is 2.27. The summed E-state index contributed by atoms with van der Waals surface area (Å²) >= 11 is 0. The molecule has 1 unspecified atom stereocenters. The van der Waals surface area contributed by atoms with Crippen molar-refractivity contribution in [2.45, 2.75) is 13.3 Å². The Bertz CT molecular complexity index is 3560. The van der Waals surface area contributed by atoms with Crippen molar-refractivity contribution in [2.75, 3.05) is 0 Å². The molecule has 0 bridgehead atoms. The van der Waals surface area contributed by atoms with E-state index in [4.69, 9.17) is 18.8 Å². The van der Waals surface area contributed by atoms with E-state index in [1.54, 1.807) is 0 Å².